The summed E-state index contributed by atoms with van der Waals surface area (Å²) in [7, 11) is 0. The largest absolute Gasteiger partial charge is 0.416 e. The molecule has 206 valence electrons. The van der Waals surface area contributed by atoms with Crippen molar-refractivity contribution in [1.82, 2.24) is 20.1 Å². The number of nitrogens with one attached hydrogen (secondary N) is 1. The number of benzene rings is 2. The molecule has 2 aromatic carbocycles. The summed E-state index contributed by atoms with van der Waals surface area (Å²) in [5.41, 5.74) is -1.97. The fourth-order valence-electron chi connectivity index (χ4n) is 5.11. The van der Waals surface area contributed by atoms with Gasteiger partial charge in [-0.1, -0.05) is 19.1 Å². The quantitative estimate of drug-likeness (QED) is 0.318. The Bertz CT molecular complexity index is 1150. The molecule has 0 radical (unpaired) electrons. The van der Waals surface area contributed by atoms with Crippen molar-refractivity contribution in [1.29, 1.82) is 0 Å². The normalized spacial score (nSPS) is 20.4. The van der Waals surface area contributed by atoms with Gasteiger partial charge in [0.2, 0.25) is 0 Å². The Labute approximate surface area is 215 Å². The van der Waals surface area contributed by atoms with Gasteiger partial charge in [0, 0.05) is 12.0 Å². The van der Waals surface area contributed by atoms with Crippen LogP contribution in [0.15, 0.2) is 48.8 Å². The number of hydrogen-bond donors (Lipinski definition) is 1. The van der Waals surface area contributed by atoms with Gasteiger partial charge in [-0.25, -0.2) is 9.37 Å². The zero-order valence-electron chi connectivity index (χ0n) is 20.5. The fraction of sp³-hybridized carbons (Fsp3) is 0.462. The second kappa shape index (κ2) is 11.4. The fourth-order valence-corrected chi connectivity index (χ4v) is 5.11. The highest BCUT2D eigenvalue weighted by Crippen LogP contribution is 2.41. The van der Waals surface area contributed by atoms with E-state index in [-0.39, 0.29) is 48.5 Å². The van der Waals surface area contributed by atoms with Crippen LogP contribution in [0.3, 0.4) is 0 Å². The van der Waals surface area contributed by atoms with Crippen LogP contribution in [-0.2, 0) is 30.1 Å². The van der Waals surface area contributed by atoms with E-state index in [0.29, 0.717) is 25.3 Å². The molecule has 1 aliphatic rings. The summed E-state index contributed by atoms with van der Waals surface area (Å²) in [4.78, 5) is 6.37. The Hall–Kier alpha value is -2.99. The minimum absolute atomic E-state index is 0.0145. The minimum Gasteiger partial charge on any atom is -0.377 e. The molecule has 5 nitrogen and oxygen atoms in total. The van der Waals surface area contributed by atoms with E-state index in [0.717, 1.165) is 24.1 Å². The van der Waals surface area contributed by atoms with Crippen molar-refractivity contribution in [3.63, 3.8) is 0 Å². The molecule has 0 aliphatic heterocycles. The van der Waals surface area contributed by atoms with Gasteiger partial charge in [-0.15, -0.1) is 0 Å². The molecule has 1 fully saturated rings. The third kappa shape index (κ3) is 6.71. The number of likely N-dealkylation sites (N-methyl/N-ethyl adjacent to an activating group) is 1. The molecular weight excluding hydrogens is 517 g/mol. The van der Waals surface area contributed by atoms with Gasteiger partial charge in [0.25, 0.3) is 0 Å². The molecular formula is C26H27F7N4O. The second-order valence-electron chi connectivity index (χ2n) is 9.27. The molecule has 3 aromatic rings. The smallest absolute Gasteiger partial charge is 0.377 e. The third-order valence-electron chi connectivity index (χ3n) is 6.87. The summed E-state index contributed by atoms with van der Waals surface area (Å²) in [6.45, 7) is 3.07. The molecule has 38 heavy (non-hydrogen) atoms. The van der Waals surface area contributed by atoms with Gasteiger partial charge >= 0.3 is 12.4 Å². The highest BCUT2D eigenvalue weighted by molar-refractivity contribution is 5.34. The van der Waals surface area contributed by atoms with Crippen molar-refractivity contribution in [3.05, 3.63) is 82.7 Å². The van der Waals surface area contributed by atoms with Crippen molar-refractivity contribution in [2.24, 2.45) is 0 Å². The Balaban J connectivity index is 1.52. The summed E-state index contributed by atoms with van der Waals surface area (Å²) in [6.07, 6.45) is -7.47. The molecule has 0 bridgehead atoms. The first kappa shape index (κ1) is 28.0. The van der Waals surface area contributed by atoms with E-state index in [2.05, 4.69) is 20.1 Å². The topological polar surface area (TPSA) is 54.0 Å². The van der Waals surface area contributed by atoms with Crippen LogP contribution in [0.1, 0.15) is 53.8 Å². The number of nitrogens with zero attached hydrogens (tertiary/aromatic N) is 3. The Kier molecular flexibility index (Phi) is 8.41. The zero-order chi connectivity index (χ0) is 27.5. The highest BCUT2D eigenvalue weighted by Gasteiger charge is 2.41. The Morgan fingerprint density at radius 2 is 1.63 bits per heavy atom. The van der Waals surface area contributed by atoms with Crippen LogP contribution in [0.2, 0.25) is 0 Å². The first-order valence-corrected chi connectivity index (χ1v) is 12.2. The molecule has 12 heteroatoms. The van der Waals surface area contributed by atoms with E-state index in [1.165, 1.54) is 18.5 Å². The molecule has 1 saturated carbocycles. The van der Waals surface area contributed by atoms with Gasteiger partial charge in [0.05, 0.1) is 30.4 Å². The number of halogens is 7. The maximum atomic E-state index is 13.6. The predicted octanol–water partition coefficient (Wildman–Crippen LogP) is 6.38. The first-order valence-electron chi connectivity index (χ1n) is 12.2. The number of aromatic nitrogens is 3. The standard InChI is InChI=1S/C26H27F7N4O/c1-2-37(14-23-34-15-35-36-23)21-7-8-22(24(21)17-3-5-20(27)6-4-17)38-10-9-16-11-18(25(28,29)30)13-19(12-16)26(31,32)33/h3-6,11-13,15,21-22,24H,2,7-10,14H2,1H3,(H,34,35,36). The number of rotatable bonds is 9. The lowest BCUT2D eigenvalue weighted by Gasteiger charge is -2.33. The SMILES string of the molecule is CCN(Cc1nc[nH]n1)C1CCC(OCCc2cc(C(F)(F)F)cc(C(F)(F)F)c2)C1c1ccc(F)cc1. The van der Waals surface area contributed by atoms with Gasteiger partial charge < -0.3 is 4.74 Å². The lowest BCUT2D eigenvalue weighted by Crippen LogP contribution is -2.39. The van der Waals surface area contributed by atoms with Crippen LogP contribution in [-0.4, -0.2) is 45.4 Å². The number of hydrogen-bond acceptors (Lipinski definition) is 4. The highest BCUT2D eigenvalue weighted by atomic mass is 19.4. The van der Waals surface area contributed by atoms with Gasteiger partial charge in [-0.05, 0) is 67.3 Å². The summed E-state index contributed by atoms with van der Waals surface area (Å²) in [5, 5.41) is 6.80. The van der Waals surface area contributed by atoms with Crippen molar-refractivity contribution in [2.75, 3.05) is 13.2 Å². The summed E-state index contributed by atoms with van der Waals surface area (Å²) < 4.78 is 99.1. The molecule has 1 aliphatic carbocycles. The number of ether oxygens (including phenoxy) is 1. The van der Waals surface area contributed by atoms with Crippen LogP contribution < -0.4 is 0 Å². The van der Waals surface area contributed by atoms with E-state index in [9.17, 15) is 30.7 Å². The van der Waals surface area contributed by atoms with Crippen LogP contribution >= 0.6 is 0 Å². The monoisotopic (exact) mass is 544 g/mol. The lowest BCUT2D eigenvalue weighted by atomic mass is 9.91. The maximum Gasteiger partial charge on any atom is 0.416 e. The number of alkyl halides is 6. The maximum absolute atomic E-state index is 13.6. The lowest BCUT2D eigenvalue weighted by molar-refractivity contribution is -0.143. The van der Waals surface area contributed by atoms with Gasteiger partial charge in [-0.3, -0.25) is 10.00 Å². The molecule has 0 amide bonds. The van der Waals surface area contributed by atoms with Crippen molar-refractivity contribution >= 4 is 0 Å². The summed E-state index contributed by atoms with van der Waals surface area (Å²) >= 11 is 0. The molecule has 0 saturated heterocycles. The predicted molar refractivity (Wildman–Crippen MR) is 125 cm³/mol. The minimum atomic E-state index is -4.91. The van der Waals surface area contributed by atoms with Crippen LogP contribution in [0, 0.1) is 5.82 Å². The molecule has 1 N–H and O–H groups in total. The van der Waals surface area contributed by atoms with Gasteiger partial charge in [0.15, 0.2) is 5.82 Å². The Morgan fingerprint density at radius 1 is 0.974 bits per heavy atom. The van der Waals surface area contributed by atoms with Crippen LogP contribution in [0.25, 0.3) is 0 Å². The first-order chi connectivity index (χ1) is 18.0. The summed E-state index contributed by atoms with van der Waals surface area (Å²) in [5.74, 6) is 0.0275. The van der Waals surface area contributed by atoms with Crippen molar-refractivity contribution < 1.29 is 35.5 Å². The van der Waals surface area contributed by atoms with E-state index in [4.69, 9.17) is 4.74 Å². The molecule has 3 unspecified atom stereocenters. The van der Waals surface area contributed by atoms with Crippen molar-refractivity contribution in [2.45, 2.75) is 63.1 Å². The summed E-state index contributed by atoms with van der Waals surface area (Å²) in [6, 6.07) is 7.62. The zero-order valence-corrected chi connectivity index (χ0v) is 20.5. The van der Waals surface area contributed by atoms with Crippen LogP contribution in [0.4, 0.5) is 30.7 Å². The average Bonchev–Trinajstić information content (AvgIpc) is 3.52. The molecule has 0 spiro atoms. The van der Waals surface area contributed by atoms with Gasteiger partial charge in [0.1, 0.15) is 12.1 Å². The second-order valence-corrected chi connectivity index (χ2v) is 9.27. The average molecular weight is 545 g/mol. The number of H-pyrrole nitrogens is 1. The van der Waals surface area contributed by atoms with E-state index in [1.807, 2.05) is 6.92 Å². The molecule has 1 aromatic heterocycles. The van der Waals surface area contributed by atoms with E-state index >= 15 is 0 Å². The molecule has 4 rings (SSSR count). The van der Waals surface area contributed by atoms with E-state index < -0.39 is 23.5 Å². The molecule has 1 heterocycles. The number of aromatic amines is 1. The Morgan fingerprint density at radius 3 is 2.18 bits per heavy atom. The third-order valence-corrected chi connectivity index (χ3v) is 6.87. The van der Waals surface area contributed by atoms with Gasteiger partial charge in [-0.2, -0.15) is 31.4 Å². The van der Waals surface area contributed by atoms with Crippen LogP contribution in [0.5, 0.6) is 0 Å². The van der Waals surface area contributed by atoms with Crippen molar-refractivity contribution in [3.8, 4) is 0 Å². The van der Waals surface area contributed by atoms with E-state index in [1.54, 1.807) is 12.1 Å². The molecule has 3 atom stereocenters.